The first-order valence-electron chi connectivity index (χ1n) is 12.3. The smallest absolute Gasteiger partial charge is 0.410 e. The van der Waals surface area contributed by atoms with Crippen LogP contribution in [0.4, 0.5) is 13.6 Å². The van der Waals surface area contributed by atoms with E-state index in [0.29, 0.717) is 36.7 Å². The standard InChI is InChI=1S/C25H36F2N4O6/c1-24(2,3)37-23(35)29(4)14-25(26,27)15-36-13-7-9-16-8-6-10-17-20(16)30(5)22(34)31(17)18-11-12-19(32)28-21(18)33/h6,8,10,18-19,32H,7,9,11-15H2,1-5H3,(H,28,33). The lowest BCUT2D eigenvalue weighted by Crippen LogP contribution is -2.46. The fourth-order valence-corrected chi connectivity index (χ4v) is 4.43. The van der Waals surface area contributed by atoms with Crippen LogP contribution in [0.3, 0.4) is 0 Å². The quantitative estimate of drug-likeness (QED) is 0.486. The number of rotatable bonds is 9. The number of aliphatic hydroxyl groups excluding tert-OH is 1. The van der Waals surface area contributed by atoms with Crippen molar-refractivity contribution in [3.05, 3.63) is 34.2 Å². The largest absolute Gasteiger partial charge is 0.444 e. The van der Waals surface area contributed by atoms with Crippen LogP contribution >= 0.6 is 0 Å². The molecule has 2 amide bonds. The van der Waals surface area contributed by atoms with Crippen molar-refractivity contribution in [1.82, 2.24) is 19.4 Å². The molecule has 2 atom stereocenters. The number of aryl methyl sites for hydroxylation is 2. The lowest BCUT2D eigenvalue weighted by atomic mass is 10.0. The number of imidazole rings is 1. The zero-order valence-corrected chi connectivity index (χ0v) is 21.9. The fraction of sp³-hybridized carbons (Fsp3) is 0.640. The summed E-state index contributed by atoms with van der Waals surface area (Å²) in [6, 6.07) is 4.67. The number of nitrogens with zero attached hydrogens (tertiary/aromatic N) is 3. The number of fused-ring (bicyclic) bond motifs is 1. The molecule has 1 aromatic heterocycles. The van der Waals surface area contributed by atoms with Gasteiger partial charge in [0.1, 0.15) is 24.5 Å². The number of hydrogen-bond acceptors (Lipinski definition) is 6. The summed E-state index contributed by atoms with van der Waals surface area (Å²) in [5, 5.41) is 12.1. The van der Waals surface area contributed by atoms with Crippen molar-refractivity contribution < 1.29 is 33.0 Å². The van der Waals surface area contributed by atoms with Gasteiger partial charge in [0.15, 0.2) is 0 Å². The monoisotopic (exact) mass is 526 g/mol. The van der Waals surface area contributed by atoms with Crippen LogP contribution in [0.25, 0.3) is 11.0 Å². The first-order valence-corrected chi connectivity index (χ1v) is 12.3. The third-order valence-corrected chi connectivity index (χ3v) is 6.04. The Morgan fingerprint density at radius 1 is 1.24 bits per heavy atom. The second-order valence-electron chi connectivity index (χ2n) is 10.5. The number of alkyl halides is 2. The minimum Gasteiger partial charge on any atom is -0.444 e. The molecule has 2 N–H and O–H groups in total. The zero-order chi connectivity index (χ0) is 27.5. The third-order valence-electron chi connectivity index (χ3n) is 6.04. The Kier molecular flexibility index (Phi) is 8.63. The molecule has 0 radical (unpaired) electrons. The molecule has 1 fully saturated rings. The van der Waals surface area contributed by atoms with E-state index in [9.17, 15) is 28.3 Å². The summed E-state index contributed by atoms with van der Waals surface area (Å²) >= 11 is 0. The number of aliphatic hydroxyl groups is 1. The number of amides is 2. The lowest BCUT2D eigenvalue weighted by Gasteiger charge is -2.27. The van der Waals surface area contributed by atoms with Crippen molar-refractivity contribution in [3.8, 4) is 0 Å². The summed E-state index contributed by atoms with van der Waals surface area (Å²) in [7, 11) is 2.87. The number of ether oxygens (including phenoxy) is 2. The Balaban J connectivity index is 1.59. The molecule has 206 valence electrons. The van der Waals surface area contributed by atoms with Gasteiger partial charge in [-0.15, -0.1) is 0 Å². The van der Waals surface area contributed by atoms with Crippen LogP contribution < -0.4 is 11.0 Å². The number of carbonyl (C=O) groups is 2. The summed E-state index contributed by atoms with van der Waals surface area (Å²) in [5.41, 5.74) is 0.960. The van der Waals surface area contributed by atoms with Crippen LogP contribution in [-0.4, -0.2) is 75.7 Å². The Morgan fingerprint density at radius 3 is 2.59 bits per heavy atom. The van der Waals surface area contributed by atoms with Crippen molar-refractivity contribution in [3.63, 3.8) is 0 Å². The molecule has 0 bridgehead atoms. The van der Waals surface area contributed by atoms with E-state index in [2.05, 4.69) is 5.32 Å². The van der Waals surface area contributed by atoms with E-state index in [1.807, 2.05) is 6.07 Å². The van der Waals surface area contributed by atoms with E-state index in [4.69, 9.17) is 9.47 Å². The first kappa shape index (κ1) is 28.6. The molecule has 1 aromatic carbocycles. The van der Waals surface area contributed by atoms with E-state index in [0.717, 1.165) is 10.5 Å². The normalized spacial score (nSPS) is 18.6. The van der Waals surface area contributed by atoms with Crippen LogP contribution in [-0.2, 0) is 27.7 Å². The lowest BCUT2D eigenvalue weighted by molar-refractivity contribution is -0.130. The Labute approximate surface area is 214 Å². The van der Waals surface area contributed by atoms with Gasteiger partial charge >= 0.3 is 11.8 Å². The van der Waals surface area contributed by atoms with Crippen LogP contribution in [0.15, 0.2) is 23.0 Å². The van der Waals surface area contributed by atoms with Gasteiger partial charge in [-0.3, -0.25) is 13.9 Å². The number of hydrogen-bond donors (Lipinski definition) is 2. The predicted molar refractivity (Wildman–Crippen MR) is 133 cm³/mol. The molecule has 2 aromatic rings. The van der Waals surface area contributed by atoms with Crippen molar-refractivity contribution in [1.29, 1.82) is 0 Å². The molecular formula is C25H36F2N4O6. The molecule has 37 heavy (non-hydrogen) atoms. The third kappa shape index (κ3) is 7.07. The molecule has 2 unspecified atom stereocenters. The van der Waals surface area contributed by atoms with Gasteiger partial charge in [0, 0.05) is 20.7 Å². The van der Waals surface area contributed by atoms with Gasteiger partial charge in [-0.25, -0.2) is 18.4 Å². The van der Waals surface area contributed by atoms with Gasteiger partial charge in [0.25, 0.3) is 5.92 Å². The van der Waals surface area contributed by atoms with E-state index < -0.39 is 48.9 Å². The molecule has 0 saturated carbocycles. The summed E-state index contributed by atoms with van der Waals surface area (Å²) in [6.45, 7) is 3.35. The first-order chi connectivity index (χ1) is 17.2. The number of para-hydroxylation sites is 1. The molecule has 1 saturated heterocycles. The number of nitrogens with one attached hydrogen (secondary N) is 1. The summed E-state index contributed by atoms with van der Waals surface area (Å²) in [4.78, 5) is 38.2. The molecule has 10 nitrogen and oxygen atoms in total. The SMILES string of the molecule is CN(CC(F)(F)COCCCc1cccc2c1n(C)c(=O)n2C1CCC(O)NC1=O)C(=O)OC(C)(C)C. The number of carbonyl (C=O) groups excluding carboxylic acids is 2. The van der Waals surface area contributed by atoms with Crippen LogP contribution in [0, 0.1) is 0 Å². The van der Waals surface area contributed by atoms with E-state index in [-0.39, 0.29) is 12.3 Å². The molecular weight excluding hydrogens is 490 g/mol. The second kappa shape index (κ2) is 11.2. The van der Waals surface area contributed by atoms with Gasteiger partial charge < -0.3 is 24.8 Å². The van der Waals surface area contributed by atoms with E-state index >= 15 is 0 Å². The number of piperidine rings is 1. The van der Waals surface area contributed by atoms with Gasteiger partial charge in [-0.1, -0.05) is 12.1 Å². The Bertz CT molecular complexity index is 1190. The highest BCUT2D eigenvalue weighted by molar-refractivity contribution is 5.86. The molecule has 3 rings (SSSR count). The number of aromatic nitrogens is 2. The summed E-state index contributed by atoms with van der Waals surface area (Å²) in [5.74, 6) is -3.66. The number of halogens is 2. The van der Waals surface area contributed by atoms with Crippen molar-refractivity contribution in [2.75, 3.05) is 26.8 Å². The van der Waals surface area contributed by atoms with Crippen molar-refractivity contribution >= 4 is 23.0 Å². The van der Waals surface area contributed by atoms with Crippen molar-refractivity contribution in [2.45, 2.75) is 70.2 Å². The highest BCUT2D eigenvalue weighted by Gasteiger charge is 2.34. The molecule has 1 aliphatic rings. The second-order valence-corrected chi connectivity index (χ2v) is 10.5. The molecule has 12 heteroatoms. The predicted octanol–water partition coefficient (Wildman–Crippen LogP) is 2.56. The van der Waals surface area contributed by atoms with Crippen LogP contribution in [0.5, 0.6) is 0 Å². The van der Waals surface area contributed by atoms with Crippen LogP contribution in [0.1, 0.15) is 51.6 Å². The van der Waals surface area contributed by atoms with E-state index in [1.54, 1.807) is 40.0 Å². The Hall–Kier alpha value is -2.99. The average Bonchev–Trinajstić information content (AvgIpc) is 3.03. The minimum absolute atomic E-state index is 0.0553. The number of benzene rings is 1. The molecule has 2 heterocycles. The maximum atomic E-state index is 14.3. The molecule has 0 spiro atoms. The average molecular weight is 527 g/mol. The van der Waals surface area contributed by atoms with Gasteiger partial charge in [0.2, 0.25) is 5.91 Å². The highest BCUT2D eigenvalue weighted by atomic mass is 19.3. The van der Waals surface area contributed by atoms with Gasteiger partial charge in [-0.2, -0.15) is 0 Å². The van der Waals surface area contributed by atoms with Gasteiger partial charge in [-0.05, 0) is 58.1 Å². The van der Waals surface area contributed by atoms with Gasteiger partial charge in [0.05, 0.1) is 17.6 Å². The van der Waals surface area contributed by atoms with Crippen molar-refractivity contribution in [2.24, 2.45) is 7.05 Å². The highest BCUT2D eigenvalue weighted by Crippen LogP contribution is 2.26. The maximum Gasteiger partial charge on any atom is 0.410 e. The van der Waals surface area contributed by atoms with E-state index in [1.165, 1.54) is 16.2 Å². The molecule has 1 aliphatic heterocycles. The topological polar surface area (TPSA) is 115 Å². The Morgan fingerprint density at radius 2 is 1.95 bits per heavy atom. The molecule has 0 aliphatic carbocycles. The summed E-state index contributed by atoms with van der Waals surface area (Å²) in [6.07, 6.45) is -0.189. The fourth-order valence-electron chi connectivity index (χ4n) is 4.43. The zero-order valence-electron chi connectivity index (χ0n) is 21.9. The summed E-state index contributed by atoms with van der Waals surface area (Å²) < 4.78 is 41.8. The maximum absolute atomic E-state index is 14.3. The minimum atomic E-state index is -3.25. The van der Waals surface area contributed by atoms with Crippen LogP contribution in [0.2, 0.25) is 0 Å².